The molecule has 0 bridgehead atoms. The molecule has 2 unspecified atom stereocenters. The van der Waals surface area contributed by atoms with Gasteiger partial charge in [0.1, 0.15) is 0 Å². The Hall–Kier alpha value is -1.52. The summed E-state index contributed by atoms with van der Waals surface area (Å²) in [5, 5.41) is 9.22. The second-order valence-electron chi connectivity index (χ2n) is 4.62. The molecule has 0 radical (unpaired) electrons. The maximum absolute atomic E-state index is 11.6. The van der Waals surface area contributed by atoms with Gasteiger partial charge in [-0.3, -0.25) is 14.5 Å². The van der Waals surface area contributed by atoms with Crippen molar-refractivity contribution in [3.05, 3.63) is 35.9 Å². The molecular formula is C14H17NO3. The van der Waals surface area contributed by atoms with Crippen LogP contribution in [-0.2, 0) is 9.59 Å². The third kappa shape index (κ3) is 2.66. The number of carbonyl (C=O) groups excluding carboxylic acids is 2. The Morgan fingerprint density at radius 2 is 2.11 bits per heavy atom. The van der Waals surface area contributed by atoms with E-state index in [1.165, 1.54) is 5.56 Å². The summed E-state index contributed by atoms with van der Waals surface area (Å²) in [5.41, 5.74) is 1.19. The van der Waals surface area contributed by atoms with E-state index in [1.807, 2.05) is 30.3 Å². The van der Waals surface area contributed by atoms with E-state index in [0.29, 0.717) is 19.3 Å². The molecule has 1 aromatic carbocycles. The number of aldehydes is 1. The molecule has 1 heterocycles. The van der Waals surface area contributed by atoms with Crippen LogP contribution in [0.4, 0.5) is 0 Å². The topological polar surface area (TPSA) is 57.6 Å². The summed E-state index contributed by atoms with van der Waals surface area (Å²) in [6, 6.07) is 9.52. The van der Waals surface area contributed by atoms with E-state index in [1.54, 1.807) is 4.90 Å². The van der Waals surface area contributed by atoms with Crippen LogP contribution in [0, 0.1) is 0 Å². The van der Waals surface area contributed by atoms with Crippen LogP contribution in [0.15, 0.2) is 30.3 Å². The van der Waals surface area contributed by atoms with Crippen LogP contribution in [0.5, 0.6) is 0 Å². The number of rotatable bonds is 4. The number of Topliss-reactive ketones (excluding diaryl/α,β-unsaturated/α-hetero) is 1. The van der Waals surface area contributed by atoms with Gasteiger partial charge < -0.3 is 5.11 Å². The second kappa shape index (κ2) is 5.89. The number of carbonyl (C=O) groups is 2. The predicted octanol–water partition coefficient (Wildman–Crippen LogP) is 0.952. The highest BCUT2D eigenvalue weighted by molar-refractivity contribution is 6.27. The van der Waals surface area contributed by atoms with Gasteiger partial charge in [-0.2, -0.15) is 0 Å². The summed E-state index contributed by atoms with van der Waals surface area (Å²) in [7, 11) is 0. The third-order valence-electron chi connectivity index (χ3n) is 3.61. The number of benzene rings is 1. The lowest BCUT2D eigenvalue weighted by Crippen LogP contribution is -2.47. The largest absolute Gasteiger partial charge is 0.381 e. The van der Waals surface area contributed by atoms with Crippen LogP contribution in [0.2, 0.25) is 0 Å². The van der Waals surface area contributed by atoms with E-state index in [0.717, 1.165) is 6.42 Å². The smallest absolute Gasteiger partial charge is 0.212 e. The minimum atomic E-state index is -0.480. The molecule has 4 heteroatoms. The summed E-state index contributed by atoms with van der Waals surface area (Å²) in [6.45, 7) is 0.464. The second-order valence-corrected chi connectivity index (χ2v) is 4.62. The normalized spacial score (nSPS) is 24.7. The molecule has 0 saturated carbocycles. The van der Waals surface area contributed by atoms with E-state index < -0.39 is 11.8 Å². The standard InChI is InChI=1S/C14H17NO3/c16-9-14(18)13-8-12(6-7-15(13)10-17)11-4-2-1-3-5-11/h1-5,9,12-13,17H,6-8,10H2. The lowest BCUT2D eigenvalue weighted by molar-refractivity contribution is -0.135. The zero-order valence-corrected chi connectivity index (χ0v) is 10.2. The number of hydrogen-bond donors (Lipinski definition) is 1. The van der Waals surface area contributed by atoms with E-state index in [4.69, 9.17) is 0 Å². The first kappa shape index (κ1) is 12.9. The molecule has 4 nitrogen and oxygen atoms in total. The van der Waals surface area contributed by atoms with Crippen molar-refractivity contribution in [3.63, 3.8) is 0 Å². The highest BCUT2D eigenvalue weighted by Crippen LogP contribution is 2.31. The molecule has 1 fully saturated rings. The number of nitrogens with zero attached hydrogens (tertiary/aromatic N) is 1. The van der Waals surface area contributed by atoms with Gasteiger partial charge in [-0.1, -0.05) is 30.3 Å². The minimum absolute atomic E-state index is 0.175. The molecule has 2 atom stereocenters. The fraction of sp³-hybridized carbons (Fsp3) is 0.429. The molecule has 0 spiro atoms. The van der Waals surface area contributed by atoms with Crippen molar-refractivity contribution in [2.45, 2.75) is 24.8 Å². The summed E-state index contributed by atoms with van der Waals surface area (Å²) < 4.78 is 0. The van der Waals surface area contributed by atoms with Crippen LogP contribution in [-0.4, -0.2) is 41.4 Å². The third-order valence-corrected chi connectivity index (χ3v) is 3.61. The van der Waals surface area contributed by atoms with Gasteiger partial charge in [0.2, 0.25) is 5.78 Å². The highest BCUT2D eigenvalue weighted by atomic mass is 16.3. The average molecular weight is 247 g/mol. The molecule has 1 saturated heterocycles. The van der Waals surface area contributed by atoms with Crippen LogP contribution >= 0.6 is 0 Å². The number of aliphatic hydroxyl groups is 1. The fourth-order valence-corrected chi connectivity index (χ4v) is 2.59. The molecule has 2 rings (SSSR count). The predicted molar refractivity (Wildman–Crippen MR) is 67.1 cm³/mol. The number of aliphatic hydroxyl groups excluding tert-OH is 1. The summed E-state index contributed by atoms with van der Waals surface area (Å²) in [6.07, 6.45) is 1.86. The fourth-order valence-electron chi connectivity index (χ4n) is 2.59. The number of ketones is 1. The molecule has 0 aliphatic carbocycles. The number of likely N-dealkylation sites (tertiary alicyclic amines) is 1. The Labute approximate surface area is 106 Å². The van der Waals surface area contributed by atoms with Gasteiger partial charge in [0.15, 0.2) is 6.29 Å². The van der Waals surface area contributed by atoms with Crippen molar-refractivity contribution in [1.29, 1.82) is 0 Å². The maximum Gasteiger partial charge on any atom is 0.212 e. The molecule has 1 N–H and O–H groups in total. The van der Waals surface area contributed by atoms with Crippen molar-refractivity contribution < 1.29 is 14.7 Å². The van der Waals surface area contributed by atoms with Crippen LogP contribution in [0.1, 0.15) is 24.3 Å². The zero-order chi connectivity index (χ0) is 13.0. The Morgan fingerprint density at radius 3 is 2.72 bits per heavy atom. The van der Waals surface area contributed by atoms with Gasteiger partial charge in [0.05, 0.1) is 12.8 Å². The first-order valence-corrected chi connectivity index (χ1v) is 6.15. The van der Waals surface area contributed by atoms with Crippen LogP contribution in [0.25, 0.3) is 0 Å². The summed E-state index contributed by atoms with van der Waals surface area (Å²) in [4.78, 5) is 23.9. The van der Waals surface area contributed by atoms with E-state index >= 15 is 0 Å². The molecule has 0 aromatic heterocycles. The monoisotopic (exact) mass is 247 g/mol. The Balaban J connectivity index is 2.14. The first-order chi connectivity index (χ1) is 8.76. The molecule has 96 valence electrons. The van der Waals surface area contributed by atoms with Crippen molar-refractivity contribution in [3.8, 4) is 0 Å². The SMILES string of the molecule is O=CC(=O)C1CC(c2ccccc2)CCN1CO. The quantitative estimate of drug-likeness (QED) is 0.636. The average Bonchev–Trinajstić information content (AvgIpc) is 2.46. The van der Waals surface area contributed by atoms with Gasteiger partial charge >= 0.3 is 0 Å². The van der Waals surface area contributed by atoms with E-state index in [2.05, 4.69) is 0 Å². The molecular weight excluding hydrogens is 230 g/mol. The minimum Gasteiger partial charge on any atom is -0.381 e. The molecule has 1 aromatic rings. The maximum atomic E-state index is 11.6. The van der Waals surface area contributed by atoms with Crippen molar-refractivity contribution in [2.75, 3.05) is 13.3 Å². The highest BCUT2D eigenvalue weighted by Gasteiger charge is 2.33. The first-order valence-electron chi connectivity index (χ1n) is 6.15. The lowest BCUT2D eigenvalue weighted by atomic mass is 9.84. The van der Waals surface area contributed by atoms with Gasteiger partial charge in [0.25, 0.3) is 0 Å². The van der Waals surface area contributed by atoms with Gasteiger partial charge in [-0.25, -0.2) is 0 Å². The van der Waals surface area contributed by atoms with Crippen LogP contribution in [0.3, 0.4) is 0 Å². The summed E-state index contributed by atoms with van der Waals surface area (Å²) in [5.74, 6) is -0.160. The van der Waals surface area contributed by atoms with Gasteiger partial charge in [-0.15, -0.1) is 0 Å². The van der Waals surface area contributed by atoms with Crippen molar-refractivity contribution in [1.82, 2.24) is 4.90 Å². The molecule has 1 aliphatic heterocycles. The van der Waals surface area contributed by atoms with Crippen molar-refractivity contribution >= 4 is 12.1 Å². The number of hydrogen-bond acceptors (Lipinski definition) is 4. The Kier molecular flexibility index (Phi) is 4.23. The Bertz CT molecular complexity index is 418. The van der Waals surface area contributed by atoms with Gasteiger partial charge in [0, 0.05) is 6.54 Å². The van der Waals surface area contributed by atoms with E-state index in [9.17, 15) is 14.7 Å². The Morgan fingerprint density at radius 1 is 1.39 bits per heavy atom. The molecule has 0 amide bonds. The molecule has 1 aliphatic rings. The lowest BCUT2D eigenvalue weighted by Gasteiger charge is -2.36. The zero-order valence-electron chi connectivity index (χ0n) is 10.2. The van der Waals surface area contributed by atoms with Gasteiger partial charge in [-0.05, 0) is 24.3 Å². The number of piperidine rings is 1. The van der Waals surface area contributed by atoms with Crippen molar-refractivity contribution in [2.24, 2.45) is 0 Å². The molecule has 18 heavy (non-hydrogen) atoms. The van der Waals surface area contributed by atoms with Crippen LogP contribution < -0.4 is 0 Å². The summed E-state index contributed by atoms with van der Waals surface area (Å²) >= 11 is 0. The van der Waals surface area contributed by atoms with E-state index in [-0.39, 0.29) is 12.6 Å².